The molecule has 0 aromatic carbocycles. The SMILES string of the molecule is Cc1cc(Nc2ccn[nH]2)nc(N)n1. The number of hydrogen-bond donors (Lipinski definition) is 3. The van der Waals surface area contributed by atoms with Crippen LogP contribution in [0.5, 0.6) is 0 Å². The van der Waals surface area contributed by atoms with Gasteiger partial charge in [-0.3, -0.25) is 5.10 Å². The second kappa shape index (κ2) is 3.33. The molecule has 2 rings (SSSR count). The maximum absolute atomic E-state index is 5.50. The van der Waals surface area contributed by atoms with Crippen molar-refractivity contribution < 1.29 is 0 Å². The minimum Gasteiger partial charge on any atom is -0.368 e. The number of nitrogens with zero attached hydrogens (tertiary/aromatic N) is 3. The molecule has 0 bridgehead atoms. The van der Waals surface area contributed by atoms with Crippen LogP contribution in [0.4, 0.5) is 17.6 Å². The number of rotatable bonds is 2. The molecule has 6 heteroatoms. The highest BCUT2D eigenvalue weighted by Crippen LogP contribution is 2.12. The summed E-state index contributed by atoms with van der Waals surface area (Å²) in [6, 6.07) is 3.60. The first-order valence-electron chi connectivity index (χ1n) is 4.11. The Labute approximate surface area is 80.6 Å². The molecule has 2 aromatic rings. The molecule has 72 valence electrons. The van der Waals surface area contributed by atoms with E-state index in [9.17, 15) is 0 Å². The van der Waals surface area contributed by atoms with E-state index < -0.39 is 0 Å². The molecule has 6 nitrogen and oxygen atoms in total. The Morgan fingerprint density at radius 1 is 1.43 bits per heavy atom. The lowest BCUT2D eigenvalue weighted by Crippen LogP contribution is -2.01. The normalized spacial score (nSPS) is 10.1. The molecule has 0 aliphatic rings. The van der Waals surface area contributed by atoms with Crippen LogP contribution in [0.2, 0.25) is 0 Å². The van der Waals surface area contributed by atoms with E-state index in [1.165, 1.54) is 0 Å². The monoisotopic (exact) mass is 190 g/mol. The van der Waals surface area contributed by atoms with Crippen LogP contribution in [0.25, 0.3) is 0 Å². The van der Waals surface area contributed by atoms with Crippen LogP contribution in [0.1, 0.15) is 5.69 Å². The first kappa shape index (κ1) is 8.49. The van der Waals surface area contributed by atoms with Crippen molar-refractivity contribution in [2.75, 3.05) is 11.1 Å². The highest BCUT2D eigenvalue weighted by atomic mass is 15.2. The predicted molar refractivity (Wildman–Crippen MR) is 53.1 cm³/mol. The molecular formula is C8H10N6. The van der Waals surface area contributed by atoms with Crippen molar-refractivity contribution in [3.63, 3.8) is 0 Å². The summed E-state index contributed by atoms with van der Waals surface area (Å²) in [5.41, 5.74) is 6.32. The van der Waals surface area contributed by atoms with Gasteiger partial charge in [0, 0.05) is 17.8 Å². The summed E-state index contributed by atoms with van der Waals surface area (Å²) in [7, 11) is 0. The highest BCUT2D eigenvalue weighted by Gasteiger charge is 1.99. The number of nitrogens with one attached hydrogen (secondary N) is 2. The van der Waals surface area contributed by atoms with Gasteiger partial charge in [-0.15, -0.1) is 0 Å². The van der Waals surface area contributed by atoms with E-state index >= 15 is 0 Å². The molecule has 0 atom stereocenters. The summed E-state index contributed by atoms with van der Waals surface area (Å²) >= 11 is 0. The third-order valence-corrected chi connectivity index (χ3v) is 1.63. The average Bonchev–Trinajstić information content (AvgIpc) is 2.54. The van der Waals surface area contributed by atoms with Crippen molar-refractivity contribution in [2.24, 2.45) is 0 Å². The molecule has 2 heterocycles. The summed E-state index contributed by atoms with van der Waals surface area (Å²) in [5.74, 6) is 1.67. The minimum atomic E-state index is 0.256. The summed E-state index contributed by atoms with van der Waals surface area (Å²) < 4.78 is 0. The first-order valence-corrected chi connectivity index (χ1v) is 4.11. The van der Waals surface area contributed by atoms with Gasteiger partial charge in [-0.05, 0) is 6.92 Å². The van der Waals surface area contributed by atoms with Crippen LogP contribution >= 0.6 is 0 Å². The maximum Gasteiger partial charge on any atom is 0.222 e. The number of hydrogen-bond acceptors (Lipinski definition) is 5. The van der Waals surface area contributed by atoms with Gasteiger partial charge in [0.2, 0.25) is 5.95 Å². The lowest BCUT2D eigenvalue weighted by molar-refractivity contribution is 1.08. The van der Waals surface area contributed by atoms with E-state index in [-0.39, 0.29) is 5.95 Å². The third-order valence-electron chi connectivity index (χ3n) is 1.63. The van der Waals surface area contributed by atoms with E-state index in [0.29, 0.717) is 5.82 Å². The van der Waals surface area contributed by atoms with Crippen LogP contribution in [0.3, 0.4) is 0 Å². The molecule has 2 aromatic heterocycles. The zero-order valence-electron chi connectivity index (χ0n) is 7.65. The van der Waals surface area contributed by atoms with Crippen LogP contribution in [0, 0.1) is 6.92 Å². The minimum absolute atomic E-state index is 0.256. The fraction of sp³-hybridized carbons (Fsp3) is 0.125. The molecule has 0 spiro atoms. The van der Waals surface area contributed by atoms with Crippen molar-refractivity contribution in [3.8, 4) is 0 Å². The first-order chi connectivity index (χ1) is 6.74. The van der Waals surface area contributed by atoms with Crippen LogP contribution in [0.15, 0.2) is 18.3 Å². The van der Waals surface area contributed by atoms with Crippen LogP contribution in [-0.4, -0.2) is 20.2 Å². The molecule has 0 radical (unpaired) electrons. The van der Waals surface area contributed by atoms with Gasteiger partial charge < -0.3 is 11.1 Å². The maximum atomic E-state index is 5.50. The van der Waals surface area contributed by atoms with E-state index in [0.717, 1.165) is 11.5 Å². The summed E-state index contributed by atoms with van der Waals surface area (Å²) in [6.07, 6.45) is 1.65. The Morgan fingerprint density at radius 3 is 2.93 bits per heavy atom. The van der Waals surface area contributed by atoms with Gasteiger partial charge in [0.25, 0.3) is 0 Å². The van der Waals surface area contributed by atoms with Crippen molar-refractivity contribution in [3.05, 3.63) is 24.0 Å². The molecule has 0 fully saturated rings. The largest absolute Gasteiger partial charge is 0.368 e. The molecular weight excluding hydrogens is 180 g/mol. The number of anilines is 3. The molecule has 0 amide bonds. The fourth-order valence-corrected chi connectivity index (χ4v) is 1.12. The van der Waals surface area contributed by atoms with Crippen molar-refractivity contribution >= 4 is 17.6 Å². The van der Waals surface area contributed by atoms with Crippen molar-refractivity contribution in [2.45, 2.75) is 6.92 Å². The van der Waals surface area contributed by atoms with Crippen LogP contribution in [-0.2, 0) is 0 Å². The summed E-state index contributed by atoms with van der Waals surface area (Å²) in [5, 5.41) is 9.58. The van der Waals surface area contributed by atoms with Gasteiger partial charge >= 0.3 is 0 Å². The van der Waals surface area contributed by atoms with Crippen LogP contribution < -0.4 is 11.1 Å². The van der Waals surface area contributed by atoms with Gasteiger partial charge in [-0.1, -0.05) is 0 Å². The zero-order valence-corrected chi connectivity index (χ0v) is 7.65. The summed E-state index contributed by atoms with van der Waals surface area (Å²) in [4.78, 5) is 7.98. The van der Waals surface area contributed by atoms with Crippen molar-refractivity contribution in [1.82, 2.24) is 20.2 Å². The lowest BCUT2D eigenvalue weighted by Gasteiger charge is -2.03. The molecule has 0 saturated heterocycles. The lowest BCUT2D eigenvalue weighted by atomic mass is 10.4. The topological polar surface area (TPSA) is 92.5 Å². The molecule has 14 heavy (non-hydrogen) atoms. The Bertz CT molecular complexity index is 401. The zero-order chi connectivity index (χ0) is 9.97. The fourth-order valence-electron chi connectivity index (χ4n) is 1.12. The van der Waals surface area contributed by atoms with Gasteiger partial charge in [-0.25, -0.2) is 4.98 Å². The second-order valence-electron chi connectivity index (χ2n) is 2.85. The van der Waals surface area contributed by atoms with E-state index in [2.05, 4.69) is 25.5 Å². The molecule has 4 N–H and O–H groups in total. The molecule has 0 aliphatic carbocycles. The van der Waals surface area contributed by atoms with Gasteiger partial charge in [0.05, 0.1) is 6.20 Å². The molecule has 0 saturated carbocycles. The number of nitrogens with two attached hydrogens (primary N) is 1. The van der Waals surface area contributed by atoms with E-state index in [1.807, 2.05) is 6.92 Å². The quantitative estimate of drug-likeness (QED) is 0.652. The number of aromatic nitrogens is 4. The van der Waals surface area contributed by atoms with Crippen molar-refractivity contribution in [1.29, 1.82) is 0 Å². The van der Waals surface area contributed by atoms with Gasteiger partial charge in [-0.2, -0.15) is 10.1 Å². The van der Waals surface area contributed by atoms with E-state index in [1.54, 1.807) is 18.3 Å². The summed E-state index contributed by atoms with van der Waals surface area (Å²) in [6.45, 7) is 1.86. The Morgan fingerprint density at radius 2 is 2.29 bits per heavy atom. The van der Waals surface area contributed by atoms with Gasteiger partial charge in [0.15, 0.2) is 0 Å². The number of aryl methyl sites for hydroxylation is 1. The number of nitrogen functional groups attached to an aromatic ring is 1. The van der Waals surface area contributed by atoms with E-state index in [4.69, 9.17) is 5.73 Å². The molecule has 0 aliphatic heterocycles. The Balaban J connectivity index is 2.25. The smallest absolute Gasteiger partial charge is 0.222 e. The second-order valence-corrected chi connectivity index (χ2v) is 2.85. The number of aromatic amines is 1. The predicted octanol–water partition coefficient (Wildman–Crippen LogP) is 0.834. The average molecular weight is 190 g/mol. The molecule has 0 unspecified atom stereocenters. The van der Waals surface area contributed by atoms with Gasteiger partial charge in [0.1, 0.15) is 11.6 Å². The number of H-pyrrole nitrogens is 1. The Kier molecular flexibility index (Phi) is 2.02. The highest BCUT2D eigenvalue weighted by molar-refractivity contribution is 5.52. The Hall–Kier alpha value is -2.11. The standard InChI is InChI=1S/C8H10N6/c1-5-4-7(13-8(9)11-5)12-6-2-3-10-14-6/h2-4H,1H3,(H4,9,10,11,12,13,14). The third kappa shape index (κ3) is 1.79.